The standard InChI is InChI=1S/C8H14F3NO.ClH/c1-7(2,3)6(13)4-5(12)8(9,10)11;/h5H,4,12H2,1-3H3;1H/t5-;/m1./s1. The molecule has 0 heterocycles. The van der Waals surface area contributed by atoms with E-state index in [1.54, 1.807) is 20.8 Å². The van der Waals surface area contributed by atoms with Crippen LogP contribution in [-0.2, 0) is 4.79 Å². The van der Waals surface area contributed by atoms with Crippen LogP contribution in [-0.4, -0.2) is 18.0 Å². The molecule has 0 amide bonds. The van der Waals surface area contributed by atoms with Crippen LogP contribution in [0.15, 0.2) is 0 Å². The predicted molar refractivity (Wildman–Crippen MR) is 50.4 cm³/mol. The normalized spacial score (nSPS) is 14.5. The predicted octanol–water partition coefficient (Wildman–Crippen LogP) is 2.30. The van der Waals surface area contributed by atoms with Crippen molar-refractivity contribution in [3.8, 4) is 0 Å². The number of carbonyl (C=O) groups excluding carboxylic acids is 1. The van der Waals surface area contributed by atoms with Crippen LogP contribution in [0.1, 0.15) is 27.2 Å². The molecule has 6 heteroatoms. The molecule has 0 bridgehead atoms. The largest absolute Gasteiger partial charge is 0.404 e. The second kappa shape index (κ2) is 4.98. The summed E-state index contributed by atoms with van der Waals surface area (Å²) >= 11 is 0. The molecular formula is C8H15ClF3NO. The molecule has 0 saturated carbocycles. The third-order valence-electron chi connectivity index (χ3n) is 1.66. The first-order valence-electron chi connectivity index (χ1n) is 3.90. The van der Waals surface area contributed by atoms with Crippen molar-refractivity contribution in [2.24, 2.45) is 11.1 Å². The van der Waals surface area contributed by atoms with E-state index in [9.17, 15) is 18.0 Å². The average molecular weight is 234 g/mol. The Kier molecular flexibility index (Phi) is 5.74. The van der Waals surface area contributed by atoms with Gasteiger partial charge in [-0.2, -0.15) is 13.2 Å². The lowest BCUT2D eigenvalue weighted by molar-refractivity contribution is -0.156. The maximum Gasteiger partial charge on any atom is 0.404 e. The monoisotopic (exact) mass is 233 g/mol. The first kappa shape index (κ1) is 16.2. The second-order valence-electron chi connectivity index (χ2n) is 4.03. The van der Waals surface area contributed by atoms with Gasteiger partial charge in [-0.15, -0.1) is 12.4 Å². The third-order valence-corrected chi connectivity index (χ3v) is 1.66. The molecule has 0 aliphatic rings. The summed E-state index contributed by atoms with van der Waals surface area (Å²) in [6.07, 6.45) is -5.13. The zero-order valence-corrected chi connectivity index (χ0v) is 9.13. The molecule has 0 aliphatic heterocycles. The van der Waals surface area contributed by atoms with E-state index < -0.39 is 29.8 Å². The van der Waals surface area contributed by atoms with Gasteiger partial charge in [0.05, 0.1) is 0 Å². The molecule has 2 N–H and O–H groups in total. The van der Waals surface area contributed by atoms with Gasteiger partial charge in [0.15, 0.2) is 0 Å². The van der Waals surface area contributed by atoms with Gasteiger partial charge in [-0.25, -0.2) is 0 Å². The summed E-state index contributed by atoms with van der Waals surface area (Å²) in [5.74, 6) is -0.475. The zero-order valence-electron chi connectivity index (χ0n) is 8.31. The number of hydrogen-bond donors (Lipinski definition) is 1. The highest BCUT2D eigenvalue weighted by Gasteiger charge is 2.39. The van der Waals surface area contributed by atoms with Crippen LogP contribution < -0.4 is 5.73 Å². The molecule has 1 atom stereocenters. The van der Waals surface area contributed by atoms with Crippen LogP contribution in [0, 0.1) is 5.41 Å². The van der Waals surface area contributed by atoms with Gasteiger partial charge in [0, 0.05) is 11.8 Å². The van der Waals surface area contributed by atoms with Crippen molar-refractivity contribution >= 4 is 18.2 Å². The van der Waals surface area contributed by atoms with Gasteiger partial charge >= 0.3 is 6.18 Å². The Hall–Kier alpha value is -0.290. The summed E-state index contributed by atoms with van der Waals surface area (Å²) in [5.41, 5.74) is 4.04. The fraction of sp³-hybridized carbons (Fsp3) is 0.875. The van der Waals surface area contributed by atoms with Gasteiger partial charge in [-0.3, -0.25) is 4.79 Å². The van der Waals surface area contributed by atoms with Crippen LogP contribution in [0.25, 0.3) is 0 Å². The molecule has 0 rings (SSSR count). The number of carbonyl (C=O) groups is 1. The van der Waals surface area contributed by atoms with E-state index in [1.165, 1.54) is 0 Å². The Morgan fingerprint density at radius 1 is 1.29 bits per heavy atom. The quantitative estimate of drug-likeness (QED) is 0.795. The SMILES string of the molecule is CC(C)(C)C(=O)C[C@@H](N)C(F)(F)F.Cl. The van der Waals surface area contributed by atoms with Gasteiger partial charge in [-0.05, 0) is 0 Å². The molecule has 0 spiro atoms. The van der Waals surface area contributed by atoms with E-state index in [1.807, 2.05) is 0 Å². The molecule has 0 aromatic carbocycles. The van der Waals surface area contributed by atoms with Crippen LogP contribution in [0.5, 0.6) is 0 Å². The lowest BCUT2D eigenvalue weighted by Crippen LogP contribution is -2.41. The van der Waals surface area contributed by atoms with Gasteiger partial charge in [0.2, 0.25) is 0 Å². The summed E-state index contributed by atoms with van der Waals surface area (Å²) in [6, 6.07) is -2.04. The molecule has 0 aromatic rings. The highest BCUT2D eigenvalue weighted by Crippen LogP contribution is 2.24. The summed E-state index contributed by atoms with van der Waals surface area (Å²) in [4.78, 5) is 11.1. The maximum atomic E-state index is 11.9. The molecule has 0 fully saturated rings. The number of hydrogen-bond acceptors (Lipinski definition) is 2. The zero-order chi connectivity index (χ0) is 10.9. The van der Waals surface area contributed by atoms with Crippen LogP contribution in [0.2, 0.25) is 0 Å². The Balaban J connectivity index is 0. The highest BCUT2D eigenvalue weighted by atomic mass is 35.5. The first-order chi connectivity index (χ1) is 5.55. The van der Waals surface area contributed by atoms with E-state index in [-0.39, 0.29) is 12.4 Å². The van der Waals surface area contributed by atoms with E-state index in [0.717, 1.165) is 0 Å². The Labute approximate surface area is 87.4 Å². The van der Waals surface area contributed by atoms with Crippen LogP contribution in [0.3, 0.4) is 0 Å². The topological polar surface area (TPSA) is 43.1 Å². The van der Waals surface area contributed by atoms with E-state index in [4.69, 9.17) is 5.73 Å². The van der Waals surface area contributed by atoms with E-state index >= 15 is 0 Å². The molecule has 0 unspecified atom stereocenters. The van der Waals surface area contributed by atoms with Gasteiger partial charge in [0.1, 0.15) is 11.8 Å². The number of Topliss-reactive ketones (excluding diaryl/α,β-unsaturated/α-hetero) is 1. The number of halogens is 4. The Morgan fingerprint density at radius 3 is 1.86 bits per heavy atom. The molecule has 0 radical (unpaired) electrons. The summed E-state index contributed by atoms with van der Waals surface area (Å²) in [7, 11) is 0. The Bertz CT molecular complexity index is 198. The van der Waals surface area contributed by atoms with Crippen molar-refractivity contribution in [2.75, 3.05) is 0 Å². The number of alkyl halides is 3. The van der Waals surface area contributed by atoms with Crippen LogP contribution in [0.4, 0.5) is 13.2 Å². The average Bonchev–Trinajstić information content (AvgIpc) is 1.82. The smallest absolute Gasteiger partial charge is 0.320 e. The fourth-order valence-corrected chi connectivity index (χ4v) is 0.622. The number of nitrogens with two attached hydrogens (primary N) is 1. The minimum Gasteiger partial charge on any atom is -0.320 e. The lowest BCUT2D eigenvalue weighted by atomic mass is 9.87. The summed E-state index contributed by atoms with van der Waals surface area (Å²) in [6.45, 7) is 4.70. The number of ketones is 1. The van der Waals surface area contributed by atoms with E-state index in [2.05, 4.69) is 0 Å². The Morgan fingerprint density at radius 2 is 1.64 bits per heavy atom. The lowest BCUT2D eigenvalue weighted by Gasteiger charge is -2.20. The van der Waals surface area contributed by atoms with Crippen molar-refractivity contribution in [3.63, 3.8) is 0 Å². The summed E-state index contributed by atoms with van der Waals surface area (Å²) in [5, 5.41) is 0. The van der Waals surface area contributed by atoms with Crippen molar-refractivity contribution in [1.82, 2.24) is 0 Å². The van der Waals surface area contributed by atoms with Crippen molar-refractivity contribution < 1.29 is 18.0 Å². The molecule has 0 saturated heterocycles. The molecule has 0 aromatic heterocycles. The molecule has 14 heavy (non-hydrogen) atoms. The van der Waals surface area contributed by atoms with Gasteiger partial charge in [-0.1, -0.05) is 20.8 Å². The molecule has 0 aliphatic carbocycles. The van der Waals surface area contributed by atoms with Crippen molar-refractivity contribution in [1.29, 1.82) is 0 Å². The highest BCUT2D eigenvalue weighted by molar-refractivity contribution is 5.85. The minimum absolute atomic E-state index is 0. The minimum atomic E-state index is -4.49. The van der Waals surface area contributed by atoms with Crippen molar-refractivity contribution in [3.05, 3.63) is 0 Å². The first-order valence-corrected chi connectivity index (χ1v) is 3.90. The second-order valence-corrected chi connectivity index (χ2v) is 4.03. The molecule has 2 nitrogen and oxygen atoms in total. The third kappa shape index (κ3) is 5.44. The van der Waals surface area contributed by atoms with Crippen molar-refractivity contribution in [2.45, 2.75) is 39.4 Å². The number of rotatable bonds is 2. The molecular weight excluding hydrogens is 219 g/mol. The fourth-order valence-electron chi connectivity index (χ4n) is 0.622. The van der Waals surface area contributed by atoms with E-state index in [0.29, 0.717) is 0 Å². The maximum absolute atomic E-state index is 11.9. The summed E-state index contributed by atoms with van der Waals surface area (Å²) < 4.78 is 35.8. The van der Waals surface area contributed by atoms with Crippen LogP contribution >= 0.6 is 12.4 Å². The van der Waals surface area contributed by atoms with Gasteiger partial charge < -0.3 is 5.73 Å². The molecule has 86 valence electrons. The van der Waals surface area contributed by atoms with Gasteiger partial charge in [0.25, 0.3) is 0 Å².